The van der Waals surface area contributed by atoms with Crippen molar-refractivity contribution in [2.24, 2.45) is 0 Å². The zero-order valence-corrected chi connectivity index (χ0v) is 10.0. The lowest BCUT2D eigenvalue weighted by molar-refractivity contribution is 0.309. The number of ether oxygens (including phenoxy) is 2. The van der Waals surface area contributed by atoms with Crippen molar-refractivity contribution in [1.29, 1.82) is 0 Å². The SMILES string of the molecule is CCCOc1ccc(OCCCS)cc1. The highest BCUT2D eigenvalue weighted by Gasteiger charge is 1.95. The van der Waals surface area contributed by atoms with E-state index >= 15 is 0 Å². The molecule has 2 nitrogen and oxygen atoms in total. The van der Waals surface area contributed by atoms with E-state index in [1.165, 1.54) is 0 Å². The molecule has 1 aromatic carbocycles. The molecule has 0 aliphatic carbocycles. The van der Waals surface area contributed by atoms with Crippen molar-refractivity contribution in [3.8, 4) is 11.5 Å². The van der Waals surface area contributed by atoms with Gasteiger partial charge in [0.05, 0.1) is 13.2 Å². The first-order valence-electron chi connectivity index (χ1n) is 5.33. The molecule has 0 amide bonds. The van der Waals surface area contributed by atoms with Crippen LogP contribution in [-0.2, 0) is 0 Å². The summed E-state index contributed by atoms with van der Waals surface area (Å²) in [6, 6.07) is 7.74. The summed E-state index contributed by atoms with van der Waals surface area (Å²) in [6.45, 7) is 3.58. The lowest BCUT2D eigenvalue weighted by Crippen LogP contribution is -1.98. The van der Waals surface area contributed by atoms with Gasteiger partial charge in [0.2, 0.25) is 0 Å². The van der Waals surface area contributed by atoms with Crippen LogP contribution < -0.4 is 9.47 Å². The van der Waals surface area contributed by atoms with Gasteiger partial charge in [-0.25, -0.2) is 0 Å². The van der Waals surface area contributed by atoms with Crippen LogP contribution in [0.5, 0.6) is 11.5 Å². The fourth-order valence-electron chi connectivity index (χ4n) is 1.11. The van der Waals surface area contributed by atoms with Gasteiger partial charge >= 0.3 is 0 Å². The van der Waals surface area contributed by atoms with Crippen molar-refractivity contribution < 1.29 is 9.47 Å². The van der Waals surface area contributed by atoms with Gasteiger partial charge in [0, 0.05) is 0 Å². The highest BCUT2D eigenvalue weighted by atomic mass is 32.1. The van der Waals surface area contributed by atoms with Crippen LogP contribution in [0, 0.1) is 0 Å². The van der Waals surface area contributed by atoms with E-state index in [4.69, 9.17) is 9.47 Å². The Hall–Kier alpha value is -0.830. The molecular weight excluding hydrogens is 208 g/mol. The lowest BCUT2D eigenvalue weighted by atomic mass is 10.3. The number of benzene rings is 1. The second-order valence-corrected chi connectivity index (χ2v) is 3.69. The summed E-state index contributed by atoms with van der Waals surface area (Å²) in [7, 11) is 0. The second kappa shape index (κ2) is 7.46. The number of hydrogen-bond donors (Lipinski definition) is 1. The van der Waals surface area contributed by atoms with Crippen LogP contribution in [-0.4, -0.2) is 19.0 Å². The van der Waals surface area contributed by atoms with E-state index in [9.17, 15) is 0 Å². The quantitative estimate of drug-likeness (QED) is 0.568. The first-order chi connectivity index (χ1) is 7.36. The van der Waals surface area contributed by atoms with E-state index in [1.54, 1.807) is 0 Å². The zero-order chi connectivity index (χ0) is 10.9. The van der Waals surface area contributed by atoms with Crippen LogP contribution >= 0.6 is 12.6 Å². The molecule has 0 aliphatic rings. The Balaban J connectivity index is 2.35. The number of rotatable bonds is 7. The molecule has 0 aliphatic heterocycles. The average Bonchev–Trinajstić information content (AvgIpc) is 2.28. The van der Waals surface area contributed by atoms with Crippen LogP contribution in [0.3, 0.4) is 0 Å². The summed E-state index contributed by atoms with van der Waals surface area (Å²) in [5.74, 6) is 2.65. The van der Waals surface area contributed by atoms with Crippen LogP contribution in [0.25, 0.3) is 0 Å². The minimum atomic E-state index is 0.721. The van der Waals surface area contributed by atoms with Crippen molar-refractivity contribution in [1.82, 2.24) is 0 Å². The molecule has 15 heavy (non-hydrogen) atoms. The first-order valence-corrected chi connectivity index (χ1v) is 5.96. The van der Waals surface area contributed by atoms with Crippen LogP contribution in [0.15, 0.2) is 24.3 Å². The smallest absolute Gasteiger partial charge is 0.119 e. The number of hydrogen-bond acceptors (Lipinski definition) is 3. The van der Waals surface area contributed by atoms with E-state index < -0.39 is 0 Å². The fraction of sp³-hybridized carbons (Fsp3) is 0.500. The van der Waals surface area contributed by atoms with Crippen molar-refractivity contribution in [2.75, 3.05) is 19.0 Å². The molecule has 0 saturated heterocycles. The molecule has 1 aromatic rings. The highest BCUT2D eigenvalue weighted by molar-refractivity contribution is 7.80. The van der Waals surface area contributed by atoms with Gasteiger partial charge in [0.1, 0.15) is 11.5 Å². The fourth-order valence-corrected chi connectivity index (χ4v) is 1.24. The zero-order valence-electron chi connectivity index (χ0n) is 9.11. The Morgan fingerprint density at radius 2 is 1.53 bits per heavy atom. The molecule has 84 valence electrons. The van der Waals surface area contributed by atoms with Gasteiger partial charge in [-0.15, -0.1) is 0 Å². The topological polar surface area (TPSA) is 18.5 Å². The molecule has 0 bridgehead atoms. The number of thiol groups is 1. The summed E-state index contributed by atoms with van der Waals surface area (Å²) in [5.41, 5.74) is 0. The summed E-state index contributed by atoms with van der Waals surface area (Å²) in [4.78, 5) is 0. The molecule has 0 spiro atoms. The van der Waals surface area contributed by atoms with Crippen LogP contribution in [0.1, 0.15) is 19.8 Å². The minimum Gasteiger partial charge on any atom is -0.494 e. The molecule has 0 saturated carbocycles. The van der Waals surface area contributed by atoms with Gasteiger partial charge in [-0.3, -0.25) is 0 Å². The lowest BCUT2D eigenvalue weighted by Gasteiger charge is -2.07. The van der Waals surface area contributed by atoms with Gasteiger partial charge in [0.15, 0.2) is 0 Å². The molecule has 0 aromatic heterocycles. The maximum absolute atomic E-state index is 5.50. The Bertz CT molecular complexity index is 259. The molecule has 0 N–H and O–H groups in total. The molecule has 1 rings (SSSR count). The predicted molar refractivity (Wildman–Crippen MR) is 66.2 cm³/mol. The summed E-state index contributed by atoms with van der Waals surface area (Å²) < 4.78 is 11.0. The monoisotopic (exact) mass is 226 g/mol. The third-order valence-electron chi connectivity index (χ3n) is 1.87. The summed E-state index contributed by atoms with van der Waals surface area (Å²) >= 11 is 4.12. The standard InChI is InChI=1S/C12H18O2S/c1-2-8-13-11-4-6-12(7-5-11)14-9-3-10-15/h4-7,15H,2-3,8-10H2,1H3. The van der Waals surface area contributed by atoms with Crippen molar-refractivity contribution in [3.63, 3.8) is 0 Å². The Labute approximate surface area is 97.0 Å². The molecule has 0 atom stereocenters. The van der Waals surface area contributed by atoms with Gasteiger partial charge in [0.25, 0.3) is 0 Å². The van der Waals surface area contributed by atoms with Crippen LogP contribution in [0.2, 0.25) is 0 Å². The summed E-state index contributed by atoms with van der Waals surface area (Å²) in [5, 5.41) is 0. The third-order valence-corrected chi connectivity index (χ3v) is 2.18. The van der Waals surface area contributed by atoms with Crippen molar-refractivity contribution >= 4 is 12.6 Å². The first kappa shape index (κ1) is 12.2. The maximum atomic E-state index is 5.50. The second-order valence-electron chi connectivity index (χ2n) is 3.25. The van der Waals surface area contributed by atoms with E-state index in [0.717, 1.165) is 43.3 Å². The predicted octanol–water partition coefficient (Wildman–Crippen LogP) is 3.17. The van der Waals surface area contributed by atoms with E-state index in [2.05, 4.69) is 19.6 Å². The average molecular weight is 226 g/mol. The van der Waals surface area contributed by atoms with Gasteiger partial charge in [-0.1, -0.05) is 6.92 Å². The van der Waals surface area contributed by atoms with Crippen molar-refractivity contribution in [3.05, 3.63) is 24.3 Å². The molecule has 3 heteroatoms. The molecular formula is C12H18O2S. The molecule has 0 radical (unpaired) electrons. The molecule has 0 unspecified atom stereocenters. The Morgan fingerprint density at radius 1 is 1.00 bits per heavy atom. The van der Waals surface area contributed by atoms with Gasteiger partial charge < -0.3 is 9.47 Å². The maximum Gasteiger partial charge on any atom is 0.119 e. The van der Waals surface area contributed by atoms with E-state index in [1.807, 2.05) is 24.3 Å². The molecule has 0 fully saturated rings. The normalized spacial score (nSPS) is 10.0. The van der Waals surface area contributed by atoms with E-state index in [0.29, 0.717) is 0 Å². The highest BCUT2D eigenvalue weighted by Crippen LogP contribution is 2.17. The van der Waals surface area contributed by atoms with Gasteiger partial charge in [-0.2, -0.15) is 12.6 Å². The molecule has 0 heterocycles. The van der Waals surface area contributed by atoms with Gasteiger partial charge in [-0.05, 0) is 42.9 Å². The van der Waals surface area contributed by atoms with Crippen LogP contribution in [0.4, 0.5) is 0 Å². The van der Waals surface area contributed by atoms with Crippen molar-refractivity contribution in [2.45, 2.75) is 19.8 Å². The Morgan fingerprint density at radius 3 is 2.00 bits per heavy atom. The Kier molecular flexibility index (Phi) is 6.09. The minimum absolute atomic E-state index is 0.721. The summed E-state index contributed by atoms with van der Waals surface area (Å²) in [6.07, 6.45) is 2.00. The van der Waals surface area contributed by atoms with E-state index in [-0.39, 0.29) is 0 Å². The third kappa shape index (κ3) is 4.98. The largest absolute Gasteiger partial charge is 0.494 e.